The lowest BCUT2D eigenvalue weighted by molar-refractivity contribution is 0.244. The fourth-order valence-corrected chi connectivity index (χ4v) is 0.950. The lowest BCUT2D eigenvalue weighted by atomic mass is 10.2. The first-order valence-electron chi connectivity index (χ1n) is 3.83. The third-order valence-electron chi connectivity index (χ3n) is 1.46. The summed E-state index contributed by atoms with van der Waals surface area (Å²) in [6.07, 6.45) is 6.23. The number of nitrogens with zero attached hydrogens (tertiary/aromatic N) is 2. The Bertz CT molecular complexity index is 267. The van der Waals surface area contributed by atoms with Crippen LogP contribution in [0.4, 0.5) is 0 Å². The Balaban J connectivity index is 2.85. The van der Waals surface area contributed by atoms with Crippen molar-refractivity contribution in [2.75, 3.05) is 0 Å². The van der Waals surface area contributed by atoms with Gasteiger partial charge in [0.05, 0.1) is 18.0 Å². The van der Waals surface area contributed by atoms with Crippen LogP contribution in [-0.2, 0) is 0 Å². The molecule has 1 aromatic rings. The van der Waals surface area contributed by atoms with Gasteiger partial charge in [-0.05, 0) is 19.4 Å². The van der Waals surface area contributed by atoms with Gasteiger partial charge in [0.15, 0.2) is 0 Å². The van der Waals surface area contributed by atoms with Gasteiger partial charge in [0.25, 0.3) is 0 Å². The van der Waals surface area contributed by atoms with Crippen LogP contribution in [0.1, 0.15) is 19.5 Å². The summed E-state index contributed by atoms with van der Waals surface area (Å²) < 4.78 is 0. The summed E-state index contributed by atoms with van der Waals surface area (Å²) in [4.78, 5) is 8.02. The van der Waals surface area contributed by atoms with E-state index in [1.807, 2.05) is 6.92 Å². The van der Waals surface area contributed by atoms with E-state index in [4.69, 9.17) is 5.11 Å². The highest BCUT2D eigenvalue weighted by molar-refractivity contribution is 5.59. The van der Waals surface area contributed by atoms with E-state index in [-0.39, 0.29) is 0 Å². The quantitative estimate of drug-likeness (QED) is 0.715. The van der Waals surface area contributed by atoms with Crippen LogP contribution in [-0.4, -0.2) is 21.2 Å². The van der Waals surface area contributed by atoms with Crippen LogP contribution in [0.25, 0.3) is 5.57 Å². The highest BCUT2D eigenvalue weighted by Gasteiger charge is 1.97. The molecule has 1 N–H and O–H groups in total. The number of rotatable bonds is 2. The van der Waals surface area contributed by atoms with Gasteiger partial charge in [0.1, 0.15) is 0 Å². The van der Waals surface area contributed by atoms with Gasteiger partial charge >= 0.3 is 0 Å². The van der Waals surface area contributed by atoms with Crippen molar-refractivity contribution in [3.63, 3.8) is 0 Å². The Labute approximate surface area is 71.8 Å². The Morgan fingerprint density at radius 2 is 2.33 bits per heavy atom. The van der Waals surface area contributed by atoms with Gasteiger partial charge in [0.2, 0.25) is 0 Å². The molecule has 0 aromatic carbocycles. The lowest BCUT2D eigenvalue weighted by Crippen LogP contribution is -1.95. The Morgan fingerprint density at radius 1 is 1.58 bits per heavy atom. The molecule has 1 heterocycles. The molecule has 0 radical (unpaired) electrons. The Hall–Kier alpha value is -1.22. The fourth-order valence-electron chi connectivity index (χ4n) is 0.950. The van der Waals surface area contributed by atoms with Crippen molar-refractivity contribution in [3.8, 4) is 0 Å². The van der Waals surface area contributed by atoms with Crippen molar-refractivity contribution in [3.05, 3.63) is 30.4 Å². The molecule has 1 aromatic heterocycles. The van der Waals surface area contributed by atoms with E-state index >= 15 is 0 Å². The molecule has 0 amide bonds. The molecule has 0 aliphatic heterocycles. The van der Waals surface area contributed by atoms with Gasteiger partial charge < -0.3 is 5.11 Å². The first-order valence-corrected chi connectivity index (χ1v) is 3.83. The van der Waals surface area contributed by atoms with Crippen LogP contribution in [0, 0.1) is 0 Å². The second kappa shape index (κ2) is 3.97. The van der Waals surface area contributed by atoms with Gasteiger partial charge in [-0.15, -0.1) is 0 Å². The van der Waals surface area contributed by atoms with Crippen LogP contribution in [0.3, 0.4) is 0 Å². The summed E-state index contributed by atoms with van der Waals surface area (Å²) >= 11 is 0. The van der Waals surface area contributed by atoms with E-state index in [9.17, 15) is 0 Å². The maximum absolute atomic E-state index is 9.06. The number of aliphatic hydroxyl groups excluding tert-OH is 1. The van der Waals surface area contributed by atoms with E-state index in [1.165, 1.54) is 0 Å². The molecule has 3 heteroatoms. The predicted octanol–water partition coefficient (Wildman–Crippen LogP) is 1.26. The molecule has 0 saturated carbocycles. The van der Waals surface area contributed by atoms with E-state index < -0.39 is 6.10 Å². The highest BCUT2D eigenvalue weighted by atomic mass is 16.3. The number of aliphatic hydroxyl groups is 1. The molecule has 3 nitrogen and oxygen atoms in total. The summed E-state index contributed by atoms with van der Waals surface area (Å²) in [6.45, 7) is 3.61. The summed E-state index contributed by atoms with van der Waals surface area (Å²) in [5.41, 5.74) is 1.75. The van der Waals surface area contributed by atoms with E-state index in [1.54, 1.807) is 31.6 Å². The zero-order valence-corrected chi connectivity index (χ0v) is 7.23. The first-order chi connectivity index (χ1) is 5.70. The zero-order valence-electron chi connectivity index (χ0n) is 7.23. The van der Waals surface area contributed by atoms with Crippen LogP contribution >= 0.6 is 0 Å². The van der Waals surface area contributed by atoms with Crippen molar-refractivity contribution >= 4 is 5.57 Å². The average molecular weight is 164 g/mol. The van der Waals surface area contributed by atoms with Gasteiger partial charge in [-0.1, -0.05) is 6.08 Å². The molecule has 0 saturated heterocycles. The summed E-state index contributed by atoms with van der Waals surface area (Å²) in [5.74, 6) is 0. The summed E-state index contributed by atoms with van der Waals surface area (Å²) in [5, 5.41) is 9.06. The lowest BCUT2D eigenvalue weighted by Gasteiger charge is -2.00. The van der Waals surface area contributed by atoms with Crippen molar-refractivity contribution in [2.24, 2.45) is 0 Å². The first kappa shape index (κ1) is 8.87. The molecule has 0 aliphatic rings. The topological polar surface area (TPSA) is 46.0 Å². The van der Waals surface area contributed by atoms with Crippen molar-refractivity contribution in [1.29, 1.82) is 0 Å². The smallest absolute Gasteiger partial charge is 0.0839 e. The van der Waals surface area contributed by atoms with Gasteiger partial charge in [0, 0.05) is 12.4 Å². The van der Waals surface area contributed by atoms with Crippen LogP contribution in [0.5, 0.6) is 0 Å². The maximum atomic E-state index is 9.06. The van der Waals surface area contributed by atoms with E-state index in [0.29, 0.717) is 0 Å². The zero-order chi connectivity index (χ0) is 8.97. The highest BCUT2D eigenvalue weighted by Crippen LogP contribution is 2.08. The Kier molecular flexibility index (Phi) is 2.94. The molecule has 12 heavy (non-hydrogen) atoms. The number of allylic oxidation sites excluding steroid dienone is 1. The van der Waals surface area contributed by atoms with Crippen molar-refractivity contribution in [1.82, 2.24) is 9.97 Å². The van der Waals surface area contributed by atoms with Crippen LogP contribution < -0.4 is 0 Å². The fraction of sp³-hybridized carbons (Fsp3) is 0.333. The van der Waals surface area contributed by atoms with Crippen molar-refractivity contribution < 1.29 is 5.11 Å². The second-order valence-corrected chi connectivity index (χ2v) is 2.68. The van der Waals surface area contributed by atoms with E-state index in [2.05, 4.69) is 9.97 Å². The molecule has 0 bridgehead atoms. The third kappa shape index (κ3) is 2.43. The molecule has 0 fully saturated rings. The van der Waals surface area contributed by atoms with Gasteiger partial charge in [-0.25, -0.2) is 0 Å². The van der Waals surface area contributed by atoms with Gasteiger partial charge in [-0.3, -0.25) is 9.97 Å². The monoisotopic (exact) mass is 164 g/mol. The maximum Gasteiger partial charge on any atom is 0.0839 e. The molecule has 1 unspecified atom stereocenters. The van der Waals surface area contributed by atoms with Crippen molar-refractivity contribution in [2.45, 2.75) is 20.0 Å². The van der Waals surface area contributed by atoms with Crippen LogP contribution in [0.2, 0.25) is 0 Å². The molecular weight excluding hydrogens is 152 g/mol. The number of hydrogen-bond donors (Lipinski definition) is 1. The molecule has 0 spiro atoms. The molecule has 64 valence electrons. The molecule has 1 rings (SSSR count). The third-order valence-corrected chi connectivity index (χ3v) is 1.46. The average Bonchev–Trinajstić information content (AvgIpc) is 2.05. The molecule has 1 atom stereocenters. The Morgan fingerprint density at radius 3 is 2.83 bits per heavy atom. The minimum atomic E-state index is -0.438. The largest absolute Gasteiger partial charge is 0.389 e. The normalized spacial score (nSPS) is 14.4. The second-order valence-electron chi connectivity index (χ2n) is 2.68. The predicted molar refractivity (Wildman–Crippen MR) is 47.4 cm³/mol. The summed E-state index contributed by atoms with van der Waals surface area (Å²) in [6, 6.07) is 0. The van der Waals surface area contributed by atoms with Gasteiger partial charge in [-0.2, -0.15) is 0 Å². The van der Waals surface area contributed by atoms with Crippen LogP contribution in [0.15, 0.2) is 24.7 Å². The SMILES string of the molecule is C/C(=C/C(C)O)c1cnccn1. The minimum absolute atomic E-state index is 0.438. The summed E-state index contributed by atoms with van der Waals surface area (Å²) in [7, 11) is 0. The van der Waals surface area contributed by atoms with E-state index in [0.717, 1.165) is 11.3 Å². The number of hydrogen-bond acceptors (Lipinski definition) is 3. The molecular formula is C9H12N2O. The number of aromatic nitrogens is 2. The minimum Gasteiger partial charge on any atom is -0.389 e. The molecule has 0 aliphatic carbocycles. The standard InChI is InChI=1S/C9H12N2O/c1-7(5-8(2)12)9-6-10-3-4-11-9/h3-6,8,12H,1-2H3/b7-5-.